The summed E-state index contributed by atoms with van der Waals surface area (Å²) in [5, 5.41) is 3.60. The van der Waals surface area contributed by atoms with Gasteiger partial charge < -0.3 is 10.2 Å². The standard InChI is InChI=1S/C16H32N2/c1-13(2)9-11-18(16-6-4-5-7-16)12-15-8-10-17-14(15)3/h13-17H,4-12H2,1-3H3. The van der Waals surface area contributed by atoms with Gasteiger partial charge in [0.2, 0.25) is 0 Å². The van der Waals surface area contributed by atoms with Crippen LogP contribution in [0, 0.1) is 11.8 Å². The lowest BCUT2D eigenvalue weighted by Crippen LogP contribution is -2.40. The van der Waals surface area contributed by atoms with Crippen LogP contribution in [0.25, 0.3) is 0 Å². The largest absolute Gasteiger partial charge is 0.314 e. The molecular weight excluding hydrogens is 220 g/mol. The van der Waals surface area contributed by atoms with Crippen LogP contribution in [-0.4, -0.2) is 36.6 Å². The summed E-state index contributed by atoms with van der Waals surface area (Å²) in [4.78, 5) is 2.83. The molecule has 2 unspecified atom stereocenters. The van der Waals surface area contributed by atoms with Gasteiger partial charge in [-0.3, -0.25) is 0 Å². The summed E-state index contributed by atoms with van der Waals surface area (Å²) in [6.45, 7) is 11.0. The van der Waals surface area contributed by atoms with E-state index in [1.807, 2.05) is 0 Å². The van der Waals surface area contributed by atoms with Crippen molar-refractivity contribution in [3.05, 3.63) is 0 Å². The van der Waals surface area contributed by atoms with Gasteiger partial charge >= 0.3 is 0 Å². The second kappa shape index (κ2) is 6.91. The van der Waals surface area contributed by atoms with E-state index in [1.165, 1.54) is 58.2 Å². The highest BCUT2D eigenvalue weighted by atomic mass is 15.2. The fourth-order valence-corrected chi connectivity index (χ4v) is 3.58. The average Bonchev–Trinajstić information content (AvgIpc) is 2.96. The molecule has 0 bridgehead atoms. The summed E-state index contributed by atoms with van der Waals surface area (Å²) in [6, 6.07) is 1.63. The van der Waals surface area contributed by atoms with Crippen molar-refractivity contribution in [1.82, 2.24) is 10.2 Å². The molecule has 1 heterocycles. The highest BCUT2D eigenvalue weighted by Crippen LogP contribution is 2.27. The molecule has 2 heteroatoms. The molecule has 0 aromatic heterocycles. The van der Waals surface area contributed by atoms with E-state index < -0.39 is 0 Å². The Hall–Kier alpha value is -0.0800. The summed E-state index contributed by atoms with van der Waals surface area (Å²) in [6.07, 6.45) is 8.57. The summed E-state index contributed by atoms with van der Waals surface area (Å²) < 4.78 is 0. The number of rotatable bonds is 6. The summed E-state index contributed by atoms with van der Waals surface area (Å²) in [5.74, 6) is 1.73. The van der Waals surface area contributed by atoms with Crippen LogP contribution < -0.4 is 5.32 Å². The maximum Gasteiger partial charge on any atom is 0.00953 e. The third kappa shape index (κ3) is 3.96. The van der Waals surface area contributed by atoms with Crippen molar-refractivity contribution in [3.8, 4) is 0 Å². The third-order valence-electron chi connectivity index (χ3n) is 4.99. The Morgan fingerprint density at radius 1 is 1.17 bits per heavy atom. The van der Waals surface area contributed by atoms with Crippen LogP contribution in [-0.2, 0) is 0 Å². The molecule has 0 aromatic rings. The second-order valence-electron chi connectivity index (χ2n) is 6.91. The monoisotopic (exact) mass is 252 g/mol. The smallest absolute Gasteiger partial charge is 0.00953 e. The molecule has 2 atom stereocenters. The van der Waals surface area contributed by atoms with Gasteiger partial charge in [0.25, 0.3) is 0 Å². The van der Waals surface area contributed by atoms with Crippen LogP contribution in [0.1, 0.15) is 59.3 Å². The van der Waals surface area contributed by atoms with E-state index in [9.17, 15) is 0 Å². The topological polar surface area (TPSA) is 15.3 Å². The summed E-state index contributed by atoms with van der Waals surface area (Å²) in [5.41, 5.74) is 0. The summed E-state index contributed by atoms with van der Waals surface area (Å²) >= 11 is 0. The first-order valence-corrected chi connectivity index (χ1v) is 8.14. The Morgan fingerprint density at radius 3 is 2.44 bits per heavy atom. The molecule has 1 saturated carbocycles. The lowest BCUT2D eigenvalue weighted by Gasteiger charge is -2.33. The van der Waals surface area contributed by atoms with Gasteiger partial charge in [0.05, 0.1) is 0 Å². The molecule has 106 valence electrons. The molecule has 2 fully saturated rings. The first-order valence-electron chi connectivity index (χ1n) is 8.14. The fraction of sp³-hybridized carbons (Fsp3) is 1.00. The molecular formula is C16H32N2. The van der Waals surface area contributed by atoms with Crippen molar-refractivity contribution in [2.45, 2.75) is 71.4 Å². The quantitative estimate of drug-likeness (QED) is 0.780. The normalized spacial score (nSPS) is 29.8. The number of nitrogens with one attached hydrogen (secondary N) is 1. The Kier molecular flexibility index (Phi) is 5.50. The number of hydrogen-bond donors (Lipinski definition) is 1. The lowest BCUT2D eigenvalue weighted by atomic mass is 9.99. The van der Waals surface area contributed by atoms with Crippen LogP contribution in [0.5, 0.6) is 0 Å². The van der Waals surface area contributed by atoms with Crippen LogP contribution in [0.3, 0.4) is 0 Å². The Morgan fingerprint density at radius 2 is 1.89 bits per heavy atom. The maximum absolute atomic E-state index is 3.60. The van der Waals surface area contributed by atoms with Gasteiger partial charge in [-0.15, -0.1) is 0 Å². The van der Waals surface area contributed by atoms with Gasteiger partial charge in [0, 0.05) is 18.6 Å². The first kappa shape index (κ1) is 14.3. The van der Waals surface area contributed by atoms with Gasteiger partial charge in [-0.25, -0.2) is 0 Å². The molecule has 18 heavy (non-hydrogen) atoms. The van der Waals surface area contributed by atoms with Gasteiger partial charge in [-0.05, 0) is 57.5 Å². The van der Waals surface area contributed by atoms with E-state index in [2.05, 4.69) is 31.0 Å². The van der Waals surface area contributed by atoms with Crippen molar-refractivity contribution in [2.75, 3.05) is 19.6 Å². The highest BCUT2D eigenvalue weighted by molar-refractivity contribution is 4.86. The molecule has 0 aromatic carbocycles. The minimum Gasteiger partial charge on any atom is -0.314 e. The van der Waals surface area contributed by atoms with Crippen molar-refractivity contribution in [2.24, 2.45) is 11.8 Å². The van der Waals surface area contributed by atoms with Gasteiger partial charge in [-0.1, -0.05) is 26.7 Å². The Bertz CT molecular complexity index is 233. The molecule has 2 rings (SSSR count). The van der Waals surface area contributed by atoms with Crippen molar-refractivity contribution in [3.63, 3.8) is 0 Å². The number of nitrogens with zero attached hydrogens (tertiary/aromatic N) is 1. The zero-order chi connectivity index (χ0) is 13.0. The second-order valence-corrected chi connectivity index (χ2v) is 6.91. The highest BCUT2D eigenvalue weighted by Gasteiger charge is 2.29. The van der Waals surface area contributed by atoms with Crippen molar-refractivity contribution >= 4 is 0 Å². The van der Waals surface area contributed by atoms with E-state index in [4.69, 9.17) is 0 Å². The molecule has 1 saturated heterocycles. The molecule has 2 aliphatic rings. The predicted molar refractivity (Wildman–Crippen MR) is 78.9 cm³/mol. The van der Waals surface area contributed by atoms with E-state index >= 15 is 0 Å². The molecule has 0 amide bonds. The predicted octanol–water partition coefficient (Wildman–Crippen LogP) is 3.28. The average molecular weight is 252 g/mol. The zero-order valence-electron chi connectivity index (χ0n) is 12.6. The van der Waals surface area contributed by atoms with E-state index in [0.717, 1.165) is 23.9 Å². The van der Waals surface area contributed by atoms with Crippen LogP contribution in [0.15, 0.2) is 0 Å². The molecule has 2 nitrogen and oxygen atoms in total. The van der Waals surface area contributed by atoms with E-state index in [0.29, 0.717) is 0 Å². The van der Waals surface area contributed by atoms with Crippen LogP contribution >= 0.6 is 0 Å². The first-order chi connectivity index (χ1) is 8.66. The van der Waals surface area contributed by atoms with Crippen LogP contribution in [0.2, 0.25) is 0 Å². The molecule has 1 aliphatic heterocycles. The maximum atomic E-state index is 3.60. The Labute approximate surface area is 114 Å². The molecule has 1 N–H and O–H groups in total. The van der Waals surface area contributed by atoms with Gasteiger partial charge in [0.1, 0.15) is 0 Å². The van der Waals surface area contributed by atoms with E-state index in [-0.39, 0.29) is 0 Å². The third-order valence-corrected chi connectivity index (χ3v) is 4.99. The zero-order valence-corrected chi connectivity index (χ0v) is 12.6. The van der Waals surface area contributed by atoms with Gasteiger partial charge in [-0.2, -0.15) is 0 Å². The molecule has 0 spiro atoms. The van der Waals surface area contributed by atoms with Gasteiger partial charge in [0.15, 0.2) is 0 Å². The SMILES string of the molecule is CC(C)CCN(CC1CCNC1C)C1CCCC1. The van der Waals surface area contributed by atoms with Crippen LogP contribution in [0.4, 0.5) is 0 Å². The minimum absolute atomic E-state index is 0.730. The fourth-order valence-electron chi connectivity index (χ4n) is 3.58. The van der Waals surface area contributed by atoms with E-state index in [1.54, 1.807) is 0 Å². The molecule has 1 aliphatic carbocycles. The number of hydrogen-bond acceptors (Lipinski definition) is 2. The summed E-state index contributed by atoms with van der Waals surface area (Å²) in [7, 11) is 0. The molecule has 0 radical (unpaired) electrons. The lowest BCUT2D eigenvalue weighted by molar-refractivity contribution is 0.155. The minimum atomic E-state index is 0.730. The Balaban J connectivity index is 1.86. The van der Waals surface area contributed by atoms with Crippen molar-refractivity contribution in [1.29, 1.82) is 0 Å². The van der Waals surface area contributed by atoms with Crippen molar-refractivity contribution < 1.29 is 0 Å².